The Kier molecular flexibility index (Phi) is 11.4. The van der Waals surface area contributed by atoms with Gasteiger partial charge in [0.25, 0.3) is 0 Å². The molecule has 1 aromatic heterocycles. The molecule has 31 heavy (non-hydrogen) atoms. The van der Waals surface area contributed by atoms with Gasteiger partial charge in [0, 0.05) is 31.2 Å². The van der Waals surface area contributed by atoms with Crippen LogP contribution in [-0.4, -0.2) is 42.3 Å². The molecule has 1 heterocycles. The molecule has 7 nitrogen and oxygen atoms in total. The lowest BCUT2D eigenvalue weighted by Crippen LogP contribution is -2.31. The highest BCUT2D eigenvalue weighted by Crippen LogP contribution is 2.11. The van der Waals surface area contributed by atoms with Crippen LogP contribution in [0.5, 0.6) is 0 Å². The zero-order valence-corrected chi connectivity index (χ0v) is 19.6. The largest absolute Gasteiger partial charge is 0.362 e. The van der Waals surface area contributed by atoms with Gasteiger partial charge in [-0.15, -0.1) is 0 Å². The fourth-order valence-electron chi connectivity index (χ4n) is 2.93. The van der Waals surface area contributed by atoms with Crippen LogP contribution in [0, 0.1) is 0 Å². The number of hydrogen-bond donors (Lipinski definition) is 2. The van der Waals surface area contributed by atoms with E-state index in [1.165, 1.54) is 6.26 Å². The van der Waals surface area contributed by atoms with Gasteiger partial charge in [0.1, 0.15) is 0 Å². The third-order valence-electron chi connectivity index (χ3n) is 4.58. The fraction of sp³-hybridized carbons (Fsp3) is 0.455. The van der Waals surface area contributed by atoms with Crippen molar-refractivity contribution in [3.8, 4) is 0 Å². The number of rotatable bonds is 14. The third kappa shape index (κ3) is 11.2. The molecule has 1 aromatic carbocycles. The first-order chi connectivity index (χ1) is 14.9. The molecule has 2 rings (SSSR count). The lowest BCUT2D eigenvalue weighted by atomic mass is 10.1. The van der Waals surface area contributed by atoms with E-state index in [0.29, 0.717) is 11.7 Å². The minimum Gasteiger partial charge on any atom is -0.362 e. The van der Waals surface area contributed by atoms with E-state index in [1.807, 2.05) is 42.5 Å². The van der Waals surface area contributed by atoms with Gasteiger partial charge in [0.15, 0.2) is 5.11 Å². The summed E-state index contributed by atoms with van der Waals surface area (Å²) in [6, 6.07) is 13.3. The minimum atomic E-state index is -3.39. The number of benzene rings is 1. The molecule has 9 heteroatoms. The molecule has 0 aliphatic heterocycles. The molecular formula is C22H32N4O3S2. The van der Waals surface area contributed by atoms with E-state index < -0.39 is 10.0 Å². The number of unbranched alkanes of at least 4 members (excludes halogenated alkanes) is 5. The SMILES string of the molecule is CS(=O)(=O)N(CCCCCCCCNC(=S)Nc1ccncc1)OCc1ccccc1. The molecule has 0 amide bonds. The molecular weight excluding hydrogens is 432 g/mol. The lowest BCUT2D eigenvalue weighted by Gasteiger charge is -2.19. The van der Waals surface area contributed by atoms with Gasteiger partial charge in [-0.25, -0.2) is 8.42 Å². The number of nitrogens with zero attached hydrogens (tertiary/aromatic N) is 2. The highest BCUT2D eigenvalue weighted by Gasteiger charge is 2.17. The van der Waals surface area contributed by atoms with Gasteiger partial charge in [0.2, 0.25) is 10.0 Å². The predicted octanol–water partition coefficient (Wildman–Crippen LogP) is 4.10. The molecule has 0 atom stereocenters. The number of pyridine rings is 1. The van der Waals surface area contributed by atoms with Crippen molar-refractivity contribution in [3.05, 3.63) is 60.4 Å². The smallest absolute Gasteiger partial charge is 0.233 e. The van der Waals surface area contributed by atoms with Gasteiger partial charge in [-0.1, -0.05) is 60.5 Å². The number of hydrogen-bond acceptors (Lipinski definition) is 5. The lowest BCUT2D eigenvalue weighted by molar-refractivity contribution is -0.0962. The normalized spacial score (nSPS) is 11.4. The average Bonchev–Trinajstić information content (AvgIpc) is 2.75. The number of sulfonamides is 1. The second kappa shape index (κ2) is 14.1. The molecule has 2 aromatic rings. The monoisotopic (exact) mass is 464 g/mol. The Balaban J connectivity index is 1.51. The van der Waals surface area contributed by atoms with E-state index in [4.69, 9.17) is 17.1 Å². The fourth-order valence-corrected chi connectivity index (χ4v) is 3.86. The quantitative estimate of drug-likeness (QED) is 0.247. The minimum absolute atomic E-state index is 0.249. The summed E-state index contributed by atoms with van der Waals surface area (Å²) in [6.45, 7) is 1.45. The molecule has 0 unspecified atom stereocenters. The predicted molar refractivity (Wildman–Crippen MR) is 129 cm³/mol. The Bertz CT molecular complexity index is 865. The zero-order chi connectivity index (χ0) is 22.4. The summed E-state index contributed by atoms with van der Waals surface area (Å²) in [4.78, 5) is 9.50. The van der Waals surface area contributed by atoms with Crippen LogP contribution in [0.15, 0.2) is 54.9 Å². The molecule has 0 aliphatic rings. The first-order valence-corrected chi connectivity index (χ1v) is 12.8. The van der Waals surface area contributed by atoms with Crippen molar-refractivity contribution < 1.29 is 13.3 Å². The van der Waals surface area contributed by atoms with E-state index in [1.54, 1.807) is 12.4 Å². The van der Waals surface area contributed by atoms with Crippen LogP contribution in [0.2, 0.25) is 0 Å². The highest BCUT2D eigenvalue weighted by molar-refractivity contribution is 7.88. The van der Waals surface area contributed by atoms with Gasteiger partial charge < -0.3 is 10.6 Å². The van der Waals surface area contributed by atoms with Gasteiger partial charge in [0.05, 0.1) is 12.9 Å². The van der Waals surface area contributed by atoms with Crippen LogP contribution in [0.3, 0.4) is 0 Å². The van der Waals surface area contributed by atoms with Crippen LogP contribution in [0.25, 0.3) is 0 Å². The van der Waals surface area contributed by atoms with Crippen molar-refractivity contribution in [2.24, 2.45) is 0 Å². The first kappa shape index (κ1) is 25.2. The highest BCUT2D eigenvalue weighted by atomic mass is 32.2. The number of aromatic nitrogens is 1. The van der Waals surface area contributed by atoms with E-state index >= 15 is 0 Å². The maximum atomic E-state index is 11.9. The molecule has 0 aliphatic carbocycles. The van der Waals surface area contributed by atoms with Crippen molar-refractivity contribution in [2.45, 2.75) is 45.1 Å². The van der Waals surface area contributed by atoms with Crippen molar-refractivity contribution >= 4 is 33.0 Å². The van der Waals surface area contributed by atoms with Gasteiger partial charge >= 0.3 is 0 Å². The van der Waals surface area contributed by atoms with Gasteiger partial charge in [-0.2, -0.15) is 0 Å². The summed E-state index contributed by atoms with van der Waals surface area (Å²) in [6.07, 6.45) is 10.7. The standard InChI is InChI=1S/C22H32N4O3S2/c1-31(27,28)26(29-19-20-11-7-6-8-12-20)18-10-5-3-2-4-9-15-24-22(30)25-21-13-16-23-17-14-21/h6-8,11-14,16-17H,2-5,9-10,15,18-19H2,1H3,(H2,23,24,25,30). The van der Waals surface area contributed by atoms with Crippen molar-refractivity contribution in [1.29, 1.82) is 0 Å². The van der Waals surface area contributed by atoms with E-state index in [2.05, 4.69) is 15.6 Å². The van der Waals surface area contributed by atoms with Crippen LogP contribution in [0.1, 0.15) is 44.1 Å². The van der Waals surface area contributed by atoms with Crippen LogP contribution in [-0.2, 0) is 21.5 Å². The Morgan fingerprint density at radius 1 is 1.00 bits per heavy atom. The maximum absolute atomic E-state index is 11.9. The molecule has 0 spiro atoms. The average molecular weight is 465 g/mol. The Labute approximate surface area is 191 Å². The van der Waals surface area contributed by atoms with Crippen molar-refractivity contribution in [1.82, 2.24) is 14.8 Å². The second-order valence-electron chi connectivity index (χ2n) is 7.29. The Morgan fingerprint density at radius 3 is 2.32 bits per heavy atom. The van der Waals surface area contributed by atoms with Crippen molar-refractivity contribution in [3.63, 3.8) is 0 Å². The number of thiocarbonyl (C=S) groups is 1. The summed E-state index contributed by atoms with van der Waals surface area (Å²) in [5.74, 6) is 0. The van der Waals surface area contributed by atoms with E-state index in [9.17, 15) is 8.42 Å². The van der Waals surface area contributed by atoms with E-state index in [-0.39, 0.29) is 6.61 Å². The first-order valence-electron chi connectivity index (χ1n) is 10.5. The molecule has 0 saturated carbocycles. The van der Waals surface area contributed by atoms with Crippen LogP contribution < -0.4 is 10.6 Å². The molecule has 0 radical (unpaired) electrons. The number of hydroxylamine groups is 1. The Hall–Kier alpha value is -2.07. The topological polar surface area (TPSA) is 83.6 Å². The zero-order valence-electron chi connectivity index (χ0n) is 18.0. The van der Waals surface area contributed by atoms with Crippen molar-refractivity contribution in [2.75, 3.05) is 24.7 Å². The summed E-state index contributed by atoms with van der Waals surface area (Å²) >= 11 is 5.27. The number of anilines is 1. The van der Waals surface area contributed by atoms with Gasteiger partial charge in [-0.05, 0) is 42.8 Å². The summed E-state index contributed by atoms with van der Waals surface area (Å²) < 4.78 is 25.0. The summed E-state index contributed by atoms with van der Waals surface area (Å²) in [5.41, 5.74) is 1.86. The van der Waals surface area contributed by atoms with Crippen LogP contribution in [0.4, 0.5) is 5.69 Å². The molecule has 2 N–H and O–H groups in total. The molecule has 0 bridgehead atoms. The summed E-state index contributed by atoms with van der Waals surface area (Å²) in [5, 5.41) is 6.93. The molecule has 0 saturated heterocycles. The van der Waals surface area contributed by atoms with Gasteiger partial charge in [-0.3, -0.25) is 9.82 Å². The number of nitrogens with one attached hydrogen (secondary N) is 2. The third-order valence-corrected chi connectivity index (χ3v) is 5.85. The second-order valence-corrected chi connectivity index (χ2v) is 9.57. The van der Waals surface area contributed by atoms with E-state index in [0.717, 1.165) is 60.8 Å². The molecule has 0 fully saturated rings. The van der Waals surface area contributed by atoms with Crippen LogP contribution >= 0.6 is 12.2 Å². The summed E-state index contributed by atoms with van der Waals surface area (Å²) in [7, 11) is -3.39. The maximum Gasteiger partial charge on any atom is 0.233 e. The molecule has 170 valence electrons. The Morgan fingerprint density at radius 2 is 1.65 bits per heavy atom.